The van der Waals surface area contributed by atoms with Gasteiger partial charge in [0.05, 0.1) is 39.5 Å². The number of non-ortho nitro benzene ring substituents is 1. The zero-order valence-electron chi connectivity index (χ0n) is 25.3. The summed E-state index contributed by atoms with van der Waals surface area (Å²) in [7, 11) is 0. The van der Waals surface area contributed by atoms with Crippen molar-refractivity contribution in [1.29, 1.82) is 0 Å². The van der Waals surface area contributed by atoms with E-state index in [2.05, 4.69) is 0 Å². The lowest BCUT2D eigenvalue weighted by Gasteiger charge is -2.49. The molecule has 2 heterocycles. The maximum Gasteiger partial charge on any atom is 0.269 e. The number of rotatable bonds is 4. The van der Waals surface area contributed by atoms with Crippen molar-refractivity contribution in [2.75, 3.05) is 9.80 Å². The summed E-state index contributed by atoms with van der Waals surface area (Å²) in [6.45, 7) is 1.83. The van der Waals surface area contributed by atoms with E-state index < -0.39 is 45.8 Å². The van der Waals surface area contributed by atoms with Crippen LogP contribution >= 0.6 is 0 Å². The molecule has 2 aliphatic carbocycles. The van der Waals surface area contributed by atoms with Gasteiger partial charge in [-0.3, -0.25) is 34.2 Å². The highest BCUT2D eigenvalue weighted by Crippen LogP contribution is 2.64. The molecule has 3 fully saturated rings. The van der Waals surface area contributed by atoms with Gasteiger partial charge in [-0.25, -0.2) is 4.90 Å². The molecular formula is C37H29N3O7. The van der Waals surface area contributed by atoms with Gasteiger partial charge in [-0.1, -0.05) is 60.2 Å². The average Bonchev–Trinajstić information content (AvgIpc) is 3.45. The zero-order valence-corrected chi connectivity index (χ0v) is 25.3. The van der Waals surface area contributed by atoms with E-state index in [-0.39, 0.29) is 47.7 Å². The third-order valence-electron chi connectivity index (χ3n) is 10.9. The average molecular weight is 628 g/mol. The first-order valence-corrected chi connectivity index (χ1v) is 15.6. The number of nitro benzene ring substituents is 1. The first kappa shape index (κ1) is 28.8. The summed E-state index contributed by atoms with van der Waals surface area (Å²) in [5, 5.41) is 23.3. The zero-order chi connectivity index (χ0) is 32.8. The number of allylic oxidation sites excluding steroid dienone is 2. The van der Waals surface area contributed by atoms with Crippen LogP contribution < -0.4 is 9.80 Å². The number of imide groups is 2. The summed E-state index contributed by atoms with van der Waals surface area (Å²) in [6, 6.07) is 24.9. The van der Waals surface area contributed by atoms with E-state index in [0.717, 1.165) is 21.4 Å². The Labute approximate surface area is 269 Å². The second-order valence-corrected chi connectivity index (χ2v) is 13.0. The number of phenolic OH excluding ortho intramolecular Hbond substituents is 1. The fourth-order valence-corrected chi connectivity index (χ4v) is 8.72. The predicted octanol–water partition coefficient (Wildman–Crippen LogP) is 5.89. The smallest absolute Gasteiger partial charge is 0.269 e. The van der Waals surface area contributed by atoms with Gasteiger partial charge in [0.2, 0.25) is 23.6 Å². The number of hydrogen-bond acceptors (Lipinski definition) is 7. The van der Waals surface area contributed by atoms with Crippen LogP contribution in [0.1, 0.15) is 31.2 Å². The van der Waals surface area contributed by atoms with Gasteiger partial charge >= 0.3 is 0 Å². The number of para-hydroxylation sites is 1. The SMILES string of the molecule is C[C@@]12C(=O)N(c3ccccc3)C(=O)[C@@H]1C[C@@H]1C(=CC[C@@H]3C(=O)N(c4ccc([N+](=O)[O-])cc4)C(=O)[C@@H]31)[C@@H]2c1ccc(O)c2ccccc12. The van der Waals surface area contributed by atoms with Gasteiger partial charge in [-0.15, -0.1) is 0 Å². The normalized spacial score (nSPS) is 28.3. The molecule has 8 rings (SSSR count). The topological polar surface area (TPSA) is 138 Å². The molecule has 0 spiro atoms. The number of carbonyl (C=O) groups excluding carboxylic acids is 4. The Morgan fingerprint density at radius 3 is 2.13 bits per heavy atom. The number of amides is 4. The van der Waals surface area contributed by atoms with Gasteiger partial charge in [0.25, 0.3) is 5.69 Å². The first-order valence-electron chi connectivity index (χ1n) is 15.6. The van der Waals surface area contributed by atoms with E-state index in [4.69, 9.17) is 0 Å². The first-order chi connectivity index (χ1) is 22.6. The fourth-order valence-electron chi connectivity index (χ4n) is 8.72. The molecule has 10 nitrogen and oxygen atoms in total. The van der Waals surface area contributed by atoms with Crippen molar-refractivity contribution in [2.24, 2.45) is 29.1 Å². The molecule has 47 heavy (non-hydrogen) atoms. The second-order valence-electron chi connectivity index (χ2n) is 13.0. The summed E-state index contributed by atoms with van der Waals surface area (Å²) in [6.07, 6.45) is 2.45. The monoisotopic (exact) mass is 627 g/mol. The van der Waals surface area contributed by atoms with Crippen LogP contribution in [0, 0.1) is 39.2 Å². The van der Waals surface area contributed by atoms with Crippen LogP contribution in [0.15, 0.2) is 103 Å². The van der Waals surface area contributed by atoms with Crippen molar-refractivity contribution in [3.8, 4) is 5.75 Å². The lowest BCUT2D eigenvalue weighted by molar-refractivity contribution is -0.384. The molecule has 4 aliphatic rings. The summed E-state index contributed by atoms with van der Waals surface area (Å²) in [5.74, 6) is -4.77. The molecule has 0 radical (unpaired) electrons. The molecule has 0 aromatic heterocycles. The molecule has 0 unspecified atom stereocenters. The maximum atomic E-state index is 14.6. The molecule has 1 saturated carbocycles. The van der Waals surface area contributed by atoms with E-state index in [9.17, 15) is 34.4 Å². The second kappa shape index (κ2) is 10.2. The van der Waals surface area contributed by atoms with Crippen LogP contribution in [0.5, 0.6) is 5.75 Å². The number of hydrogen-bond donors (Lipinski definition) is 1. The van der Waals surface area contributed by atoms with Crippen molar-refractivity contribution >= 4 is 51.5 Å². The Morgan fingerprint density at radius 1 is 0.766 bits per heavy atom. The fraction of sp³-hybridized carbons (Fsp3) is 0.243. The van der Waals surface area contributed by atoms with Gasteiger partial charge in [0.1, 0.15) is 5.75 Å². The molecule has 2 aliphatic heterocycles. The standard InChI is InChI=1S/C37H29N3O7/c1-37-29(34(43)39(36(37)45)20-7-3-2-4-8-20)19-28-26(32(37)25-17-18-30(41)24-10-6-5-9-23(24)25)15-16-27-31(28)35(44)38(33(27)42)21-11-13-22(14-12-21)40(46)47/h2-15,17-18,27-29,31-32,41H,16,19H2,1H3/t27-,28+,29-,31-,32-,37+/m0/s1. The number of phenols is 1. The number of aromatic hydroxyl groups is 1. The number of carbonyl (C=O) groups is 4. The van der Waals surface area contributed by atoms with Crippen molar-refractivity contribution in [3.05, 3.63) is 118 Å². The van der Waals surface area contributed by atoms with E-state index in [0.29, 0.717) is 11.1 Å². The maximum absolute atomic E-state index is 14.6. The highest BCUT2D eigenvalue weighted by molar-refractivity contribution is 6.25. The Morgan fingerprint density at radius 2 is 1.43 bits per heavy atom. The molecule has 4 aromatic carbocycles. The van der Waals surface area contributed by atoms with E-state index >= 15 is 0 Å². The summed E-state index contributed by atoms with van der Waals surface area (Å²) < 4.78 is 0. The van der Waals surface area contributed by atoms with E-state index in [1.54, 1.807) is 42.5 Å². The number of nitrogens with zero attached hydrogens (tertiary/aromatic N) is 3. The van der Waals surface area contributed by atoms with Crippen LogP contribution in [-0.4, -0.2) is 33.7 Å². The molecule has 1 N–H and O–H groups in total. The third kappa shape index (κ3) is 3.90. The highest BCUT2D eigenvalue weighted by Gasteiger charge is 2.67. The number of nitro groups is 1. The predicted molar refractivity (Wildman–Crippen MR) is 172 cm³/mol. The van der Waals surface area contributed by atoms with Crippen LogP contribution in [0.2, 0.25) is 0 Å². The minimum absolute atomic E-state index is 0.0890. The van der Waals surface area contributed by atoms with Gasteiger partial charge in [-0.05, 0) is 67.0 Å². The van der Waals surface area contributed by atoms with Crippen LogP contribution in [-0.2, 0) is 19.2 Å². The number of anilines is 2. The molecule has 6 atom stereocenters. The molecule has 234 valence electrons. The van der Waals surface area contributed by atoms with E-state index in [1.807, 2.05) is 37.3 Å². The highest BCUT2D eigenvalue weighted by atomic mass is 16.6. The molecular weight excluding hydrogens is 598 g/mol. The Kier molecular flexibility index (Phi) is 6.24. The minimum atomic E-state index is -1.22. The lowest BCUT2D eigenvalue weighted by atomic mass is 9.51. The van der Waals surface area contributed by atoms with Crippen molar-refractivity contribution < 1.29 is 29.2 Å². The van der Waals surface area contributed by atoms with E-state index in [1.165, 1.54) is 29.2 Å². The van der Waals surface area contributed by atoms with Crippen molar-refractivity contribution in [1.82, 2.24) is 0 Å². The van der Waals surface area contributed by atoms with Gasteiger partial charge < -0.3 is 5.11 Å². The molecule has 4 amide bonds. The number of benzene rings is 4. The van der Waals surface area contributed by atoms with Gasteiger partial charge in [0, 0.05) is 23.4 Å². The lowest BCUT2D eigenvalue weighted by Crippen LogP contribution is -2.49. The van der Waals surface area contributed by atoms with Crippen LogP contribution in [0.25, 0.3) is 10.8 Å². The van der Waals surface area contributed by atoms with Crippen molar-refractivity contribution in [3.63, 3.8) is 0 Å². The quantitative estimate of drug-likeness (QED) is 0.129. The van der Waals surface area contributed by atoms with Crippen LogP contribution in [0.4, 0.5) is 17.1 Å². The summed E-state index contributed by atoms with van der Waals surface area (Å²) in [4.78, 5) is 70.2. The Balaban J connectivity index is 1.29. The summed E-state index contributed by atoms with van der Waals surface area (Å²) in [5.41, 5.74) is 0.955. The summed E-state index contributed by atoms with van der Waals surface area (Å²) >= 11 is 0. The van der Waals surface area contributed by atoms with Gasteiger partial charge in [-0.2, -0.15) is 0 Å². The van der Waals surface area contributed by atoms with Gasteiger partial charge in [0.15, 0.2) is 0 Å². The Hall–Kier alpha value is -5.64. The molecule has 10 heteroatoms. The number of fused-ring (bicyclic) bond motifs is 5. The molecule has 2 saturated heterocycles. The van der Waals surface area contributed by atoms with Crippen LogP contribution in [0.3, 0.4) is 0 Å². The third-order valence-corrected chi connectivity index (χ3v) is 10.9. The Bertz CT molecular complexity index is 2070. The van der Waals surface area contributed by atoms with Crippen molar-refractivity contribution in [2.45, 2.75) is 25.7 Å². The molecule has 0 bridgehead atoms. The molecule has 4 aromatic rings. The minimum Gasteiger partial charge on any atom is -0.507 e. The largest absolute Gasteiger partial charge is 0.507 e.